The Labute approximate surface area is 179 Å². The predicted molar refractivity (Wildman–Crippen MR) is 114 cm³/mol. The Kier molecular flexibility index (Phi) is 6.97. The fourth-order valence-electron chi connectivity index (χ4n) is 3.07. The molecule has 1 unspecified atom stereocenters. The summed E-state index contributed by atoms with van der Waals surface area (Å²) in [5.74, 6) is -0.718. The molecule has 30 heavy (non-hydrogen) atoms. The first-order valence-corrected chi connectivity index (χ1v) is 9.74. The van der Waals surface area contributed by atoms with Gasteiger partial charge in [-0.2, -0.15) is 0 Å². The standard InChI is InChI=1S/C21H22N4O4S/c1-29-17-9-7-15(8-10-17)19(27)22-21(30)24-23-20(28)16-11-18(26)25(13-16)12-14-5-3-2-4-6-14/h2-10,16H,11-13H2,1H3,(H,23,28)(H2,22,24,27,30). The number of hydrazine groups is 1. The minimum Gasteiger partial charge on any atom is -0.497 e. The molecule has 2 aromatic rings. The lowest BCUT2D eigenvalue weighted by atomic mass is 10.1. The van der Waals surface area contributed by atoms with Gasteiger partial charge < -0.3 is 9.64 Å². The highest BCUT2D eigenvalue weighted by Gasteiger charge is 2.34. The molecule has 8 nitrogen and oxygen atoms in total. The Morgan fingerprint density at radius 1 is 1.10 bits per heavy atom. The summed E-state index contributed by atoms with van der Waals surface area (Å²) in [6.45, 7) is 0.791. The summed E-state index contributed by atoms with van der Waals surface area (Å²) in [5, 5.41) is 2.43. The lowest BCUT2D eigenvalue weighted by Crippen LogP contribution is -2.50. The van der Waals surface area contributed by atoms with Crippen LogP contribution in [0.4, 0.5) is 0 Å². The maximum Gasteiger partial charge on any atom is 0.257 e. The number of nitrogens with zero attached hydrogens (tertiary/aromatic N) is 1. The molecule has 1 fully saturated rings. The van der Waals surface area contributed by atoms with Gasteiger partial charge in [-0.3, -0.25) is 30.6 Å². The topological polar surface area (TPSA) is 99.8 Å². The van der Waals surface area contributed by atoms with Gasteiger partial charge in [0, 0.05) is 25.1 Å². The molecule has 1 aliphatic heterocycles. The number of amides is 3. The number of benzene rings is 2. The van der Waals surface area contributed by atoms with Gasteiger partial charge in [0.2, 0.25) is 11.8 Å². The molecule has 0 spiro atoms. The number of carbonyl (C=O) groups is 3. The van der Waals surface area contributed by atoms with E-state index >= 15 is 0 Å². The summed E-state index contributed by atoms with van der Waals surface area (Å²) in [4.78, 5) is 38.4. The smallest absolute Gasteiger partial charge is 0.257 e. The van der Waals surface area contributed by atoms with E-state index in [4.69, 9.17) is 17.0 Å². The van der Waals surface area contributed by atoms with Crippen molar-refractivity contribution >= 4 is 35.1 Å². The van der Waals surface area contributed by atoms with Crippen molar-refractivity contribution in [3.63, 3.8) is 0 Å². The van der Waals surface area contributed by atoms with E-state index in [-0.39, 0.29) is 23.3 Å². The van der Waals surface area contributed by atoms with Crippen LogP contribution in [-0.4, -0.2) is 41.4 Å². The molecule has 9 heteroatoms. The third kappa shape index (κ3) is 5.54. The zero-order valence-corrected chi connectivity index (χ0v) is 17.2. The summed E-state index contributed by atoms with van der Waals surface area (Å²) in [6, 6.07) is 16.1. The average molecular weight is 426 g/mol. The van der Waals surface area contributed by atoms with E-state index < -0.39 is 11.8 Å². The van der Waals surface area contributed by atoms with Gasteiger partial charge in [-0.1, -0.05) is 30.3 Å². The van der Waals surface area contributed by atoms with Crippen molar-refractivity contribution in [3.05, 3.63) is 65.7 Å². The molecule has 0 bridgehead atoms. The van der Waals surface area contributed by atoms with Crippen molar-refractivity contribution in [2.45, 2.75) is 13.0 Å². The maximum absolute atomic E-state index is 12.4. The molecule has 0 aromatic heterocycles. The SMILES string of the molecule is COc1ccc(C(=O)NC(=S)NNC(=O)C2CC(=O)N(Cc3ccccc3)C2)cc1. The van der Waals surface area contributed by atoms with E-state index in [2.05, 4.69) is 16.2 Å². The Balaban J connectivity index is 1.45. The van der Waals surface area contributed by atoms with E-state index in [1.165, 1.54) is 7.11 Å². The highest BCUT2D eigenvalue weighted by atomic mass is 32.1. The number of likely N-dealkylation sites (tertiary alicyclic amines) is 1. The van der Waals surface area contributed by atoms with Crippen LogP contribution >= 0.6 is 12.2 Å². The second kappa shape index (κ2) is 9.84. The second-order valence-electron chi connectivity index (χ2n) is 6.79. The maximum atomic E-state index is 12.4. The van der Waals surface area contributed by atoms with Crippen LogP contribution in [0.5, 0.6) is 5.75 Å². The summed E-state index contributed by atoms with van der Waals surface area (Å²) in [7, 11) is 1.54. The molecule has 2 aromatic carbocycles. The number of rotatable bonds is 5. The number of carbonyl (C=O) groups excluding carboxylic acids is 3. The molecular weight excluding hydrogens is 404 g/mol. The number of nitrogens with one attached hydrogen (secondary N) is 3. The molecule has 3 rings (SSSR count). The minimum absolute atomic E-state index is 0.0466. The molecule has 0 radical (unpaired) electrons. The highest BCUT2D eigenvalue weighted by molar-refractivity contribution is 7.80. The zero-order valence-electron chi connectivity index (χ0n) is 16.4. The van der Waals surface area contributed by atoms with E-state index in [0.29, 0.717) is 24.4 Å². The Hall–Kier alpha value is -3.46. The summed E-state index contributed by atoms with van der Waals surface area (Å²) in [5.41, 5.74) is 6.37. The van der Waals surface area contributed by atoms with Crippen LogP contribution < -0.4 is 20.9 Å². The van der Waals surface area contributed by atoms with Gasteiger partial charge in [-0.05, 0) is 42.0 Å². The van der Waals surface area contributed by atoms with E-state index in [0.717, 1.165) is 5.56 Å². The quantitative estimate of drug-likeness (QED) is 0.494. The third-order valence-electron chi connectivity index (χ3n) is 4.68. The molecule has 156 valence electrons. The van der Waals surface area contributed by atoms with Crippen molar-refractivity contribution in [1.82, 2.24) is 21.1 Å². The van der Waals surface area contributed by atoms with Crippen LogP contribution in [0.25, 0.3) is 0 Å². The van der Waals surface area contributed by atoms with Crippen LogP contribution in [0.1, 0.15) is 22.3 Å². The monoisotopic (exact) mass is 426 g/mol. The van der Waals surface area contributed by atoms with Gasteiger partial charge >= 0.3 is 0 Å². The molecule has 1 heterocycles. The van der Waals surface area contributed by atoms with Crippen molar-refractivity contribution < 1.29 is 19.1 Å². The van der Waals surface area contributed by atoms with Crippen LogP contribution in [-0.2, 0) is 16.1 Å². The van der Waals surface area contributed by atoms with Crippen LogP contribution in [0.15, 0.2) is 54.6 Å². The normalized spacial score (nSPS) is 15.4. The Morgan fingerprint density at radius 3 is 2.47 bits per heavy atom. The summed E-state index contributed by atoms with van der Waals surface area (Å²) < 4.78 is 5.05. The number of methoxy groups -OCH3 is 1. The molecule has 1 atom stereocenters. The van der Waals surface area contributed by atoms with Crippen LogP contribution in [0.3, 0.4) is 0 Å². The van der Waals surface area contributed by atoms with Crippen LogP contribution in [0, 0.1) is 5.92 Å². The molecule has 0 saturated carbocycles. The van der Waals surface area contributed by atoms with Gasteiger partial charge in [0.1, 0.15) is 5.75 Å². The van der Waals surface area contributed by atoms with E-state index in [1.54, 1.807) is 29.2 Å². The number of hydrogen-bond donors (Lipinski definition) is 3. The third-order valence-corrected chi connectivity index (χ3v) is 4.88. The largest absolute Gasteiger partial charge is 0.497 e. The first kappa shape index (κ1) is 21.3. The van der Waals surface area contributed by atoms with Gasteiger partial charge in [-0.25, -0.2) is 0 Å². The number of hydrogen-bond acceptors (Lipinski definition) is 5. The van der Waals surface area contributed by atoms with Gasteiger partial charge in [0.25, 0.3) is 5.91 Å². The molecule has 0 aliphatic carbocycles. The van der Waals surface area contributed by atoms with E-state index in [1.807, 2.05) is 30.3 Å². The fraction of sp³-hybridized carbons (Fsp3) is 0.238. The molecular formula is C21H22N4O4S. The average Bonchev–Trinajstić information content (AvgIpc) is 3.13. The van der Waals surface area contributed by atoms with Crippen molar-refractivity contribution in [1.29, 1.82) is 0 Å². The molecule has 1 saturated heterocycles. The number of ether oxygens (including phenoxy) is 1. The lowest BCUT2D eigenvalue weighted by molar-refractivity contribution is -0.129. The predicted octanol–water partition coefficient (Wildman–Crippen LogP) is 1.38. The lowest BCUT2D eigenvalue weighted by Gasteiger charge is -2.17. The first-order valence-electron chi connectivity index (χ1n) is 9.33. The minimum atomic E-state index is -0.492. The van der Waals surface area contributed by atoms with Crippen LogP contribution in [0.2, 0.25) is 0 Å². The van der Waals surface area contributed by atoms with Crippen molar-refractivity contribution in [3.8, 4) is 5.75 Å². The van der Waals surface area contributed by atoms with Crippen molar-refractivity contribution in [2.75, 3.05) is 13.7 Å². The van der Waals surface area contributed by atoms with Gasteiger partial charge in [0.15, 0.2) is 5.11 Å². The van der Waals surface area contributed by atoms with E-state index in [9.17, 15) is 14.4 Å². The number of thiocarbonyl (C=S) groups is 1. The summed E-state index contributed by atoms with van der Waals surface area (Å²) >= 11 is 5.05. The Bertz CT molecular complexity index is 934. The Morgan fingerprint density at radius 2 is 1.80 bits per heavy atom. The summed E-state index contributed by atoms with van der Waals surface area (Å²) in [6.07, 6.45) is 0.130. The fourth-order valence-corrected chi connectivity index (χ4v) is 3.22. The second-order valence-corrected chi connectivity index (χ2v) is 7.20. The first-order chi connectivity index (χ1) is 14.5. The van der Waals surface area contributed by atoms with Gasteiger partial charge in [-0.15, -0.1) is 0 Å². The zero-order chi connectivity index (χ0) is 21.5. The molecule has 1 aliphatic rings. The highest BCUT2D eigenvalue weighted by Crippen LogP contribution is 2.20. The molecule has 3 N–H and O–H groups in total. The van der Waals surface area contributed by atoms with Gasteiger partial charge in [0.05, 0.1) is 13.0 Å². The molecule has 3 amide bonds. The van der Waals surface area contributed by atoms with Crippen molar-refractivity contribution in [2.24, 2.45) is 5.92 Å².